The van der Waals surface area contributed by atoms with Crippen molar-refractivity contribution in [1.29, 1.82) is 0 Å². The first-order valence-corrected chi connectivity index (χ1v) is 6.85. The summed E-state index contributed by atoms with van der Waals surface area (Å²) in [7, 11) is 0. The SMILES string of the molecule is Cc1ccc(C2CNC(c3ccccc3C)N2)cc1. The van der Waals surface area contributed by atoms with Crippen molar-refractivity contribution >= 4 is 0 Å². The highest BCUT2D eigenvalue weighted by Gasteiger charge is 2.25. The van der Waals surface area contributed by atoms with Gasteiger partial charge in [-0.3, -0.25) is 10.6 Å². The third kappa shape index (κ3) is 2.55. The molecule has 1 saturated heterocycles. The molecule has 2 N–H and O–H groups in total. The summed E-state index contributed by atoms with van der Waals surface area (Å²) >= 11 is 0. The van der Waals surface area contributed by atoms with Crippen LogP contribution in [0.15, 0.2) is 48.5 Å². The van der Waals surface area contributed by atoms with E-state index < -0.39 is 0 Å². The van der Waals surface area contributed by atoms with Gasteiger partial charge in [-0.2, -0.15) is 0 Å². The van der Waals surface area contributed by atoms with Crippen LogP contribution < -0.4 is 10.6 Å². The average molecular weight is 252 g/mol. The van der Waals surface area contributed by atoms with Gasteiger partial charge in [0, 0.05) is 12.6 Å². The van der Waals surface area contributed by atoms with Crippen LogP contribution in [0, 0.1) is 13.8 Å². The Kier molecular flexibility index (Phi) is 3.36. The van der Waals surface area contributed by atoms with E-state index in [-0.39, 0.29) is 6.17 Å². The number of hydrogen-bond donors (Lipinski definition) is 2. The Balaban J connectivity index is 1.77. The summed E-state index contributed by atoms with van der Waals surface area (Å²) in [4.78, 5) is 0. The van der Waals surface area contributed by atoms with E-state index in [2.05, 4.69) is 73.0 Å². The van der Waals surface area contributed by atoms with Crippen LogP contribution in [0.2, 0.25) is 0 Å². The second kappa shape index (κ2) is 5.16. The maximum atomic E-state index is 3.67. The van der Waals surface area contributed by atoms with E-state index >= 15 is 0 Å². The van der Waals surface area contributed by atoms with Crippen molar-refractivity contribution in [2.24, 2.45) is 0 Å². The first-order chi connectivity index (χ1) is 9.24. The van der Waals surface area contributed by atoms with Crippen molar-refractivity contribution in [3.8, 4) is 0 Å². The fourth-order valence-electron chi connectivity index (χ4n) is 2.68. The highest BCUT2D eigenvalue weighted by molar-refractivity contribution is 5.31. The number of nitrogens with one attached hydrogen (secondary N) is 2. The quantitative estimate of drug-likeness (QED) is 0.857. The molecule has 1 heterocycles. The number of rotatable bonds is 2. The van der Waals surface area contributed by atoms with Gasteiger partial charge < -0.3 is 0 Å². The van der Waals surface area contributed by atoms with Gasteiger partial charge in [0.1, 0.15) is 0 Å². The lowest BCUT2D eigenvalue weighted by atomic mass is 10.1. The molecule has 98 valence electrons. The third-order valence-corrected chi connectivity index (χ3v) is 3.87. The van der Waals surface area contributed by atoms with Gasteiger partial charge in [0.05, 0.1) is 6.17 Å². The number of aryl methyl sites for hydroxylation is 2. The summed E-state index contributed by atoms with van der Waals surface area (Å²) in [5, 5.41) is 7.24. The van der Waals surface area contributed by atoms with Crippen LogP contribution >= 0.6 is 0 Å². The molecule has 0 amide bonds. The predicted molar refractivity (Wildman–Crippen MR) is 79.0 cm³/mol. The summed E-state index contributed by atoms with van der Waals surface area (Å²) < 4.78 is 0. The van der Waals surface area contributed by atoms with Crippen molar-refractivity contribution in [2.75, 3.05) is 6.54 Å². The Morgan fingerprint density at radius 1 is 0.947 bits per heavy atom. The van der Waals surface area contributed by atoms with E-state index in [4.69, 9.17) is 0 Å². The number of hydrogen-bond acceptors (Lipinski definition) is 2. The van der Waals surface area contributed by atoms with Crippen molar-refractivity contribution in [3.63, 3.8) is 0 Å². The molecular weight excluding hydrogens is 232 g/mol. The molecule has 2 nitrogen and oxygen atoms in total. The van der Waals surface area contributed by atoms with E-state index in [1.807, 2.05) is 0 Å². The van der Waals surface area contributed by atoms with Gasteiger partial charge in [0.15, 0.2) is 0 Å². The molecule has 2 heteroatoms. The third-order valence-electron chi connectivity index (χ3n) is 3.87. The minimum atomic E-state index is 0.257. The Labute approximate surface area is 114 Å². The van der Waals surface area contributed by atoms with E-state index in [0.29, 0.717) is 6.04 Å². The molecule has 0 aromatic heterocycles. The van der Waals surface area contributed by atoms with Gasteiger partial charge in [0.25, 0.3) is 0 Å². The molecule has 1 aliphatic heterocycles. The van der Waals surface area contributed by atoms with E-state index in [9.17, 15) is 0 Å². The fraction of sp³-hybridized carbons (Fsp3) is 0.294. The van der Waals surface area contributed by atoms with Crippen LogP contribution in [0.5, 0.6) is 0 Å². The van der Waals surface area contributed by atoms with Crippen LogP contribution in [-0.2, 0) is 0 Å². The van der Waals surface area contributed by atoms with Gasteiger partial charge in [0.2, 0.25) is 0 Å². The van der Waals surface area contributed by atoms with Crippen LogP contribution in [0.25, 0.3) is 0 Å². The molecule has 2 aromatic carbocycles. The second-order valence-corrected chi connectivity index (χ2v) is 5.33. The minimum absolute atomic E-state index is 0.257. The van der Waals surface area contributed by atoms with Crippen molar-refractivity contribution in [2.45, 2.75) is 26.1 Å². The summed E-state index contributed by atoms with van der Waals surface area (Å²) in [6.07, 6.45) is 0.257. The molecule has 1 aliphatic rings. The van der Waals surface area contributed by atoms with Gasteiger partial charge in [-0.1, -0.05) is 54.1 Å². The van der Waals surface area contributed by atoms with E-state index in [1.165, 1.54) is 22.3 Å². The lowest BCUT2D eigenvalue weighted by Gasteiger charge is -2.16. The van der Waals surface area contributed by atoms with Crippen molar-refractivity contribution in [1.82, 2.24) is 10.6 Å². The summed E-state index contributed by atoms with van der Waals surface area (Å²) in [5.74, 6) is 0. The molecule has 0 bridgehead atoms. The predicted octanol–water partition coefficient (Wildman–Crippen LogP) is 3.24. The maximum absolute atomic E-state index is 3.67. The van der Waals surface area contributed by atoms with Gasteiger partial charge in [-0.05, 0) is 30.5 Å². The van der Waals surface area contributed by atoms with Crippen LogP contribution in [-0.4, -0.2) is 6.54 Å². The van der Waals surface area contributed by atoms with Crippen LogP contribution in [0.4, 0.5) is 0 Å². The molecular formula is C17H20N2. The molecule has 19 heavy (non-hydrogen) atoms. The van der Waals surface area contributed by atoms with Gasteiger partial charge in [-0.25, -0.2) is 0 Å². The molecule has 0 radical (unpaired) electrons. The van der Waals surface area contributed by atoms with Crippen LogP contribution in [0.1, 0.15) is 34.5 Å². The van der Waals surface area contributed by atoms with E-state index in [0.717, 1.165) is 6.54 Å². The molecule has 1 fully saturated rings. The molecule has 3 rings (SSSR count). The van der Waals surface area contributed by atoms with Gasteiger partial charge in [-0.15, -0.1) is 0 Å². The topological polar surface area (TPSA) is 24.1 Å². The lowest BCUT2D eigenvalue weighted by Crippen LogP contribution is -2.23. The maximum Gasteiger partial charge on any atom is 0.0843 e. The summed E-state index contributed by atoms with van der Waals surface area (Å²) in [6, 6.07) is 17.7. The lowest BCUT2D eigenvalue weighted by molar-refractivity contribution is 0.552. The Morgan fingerprint density at radius 2 is 1.68 bits per heavy atom. The molecule has 2 aromatic rings. The Bertz CT molecular complexity index is 560. The second-order valence-electron chi connectivity index (χ2n) is 5.33. The molecule has 0 aliphatic carbocycles. The van der Waals surface area contributed by atoms with Crippen LogP contribution in [0.3, 0.4) is 0 Å². The minimum Gasteiger partial charge on any atom is -0.296 e. The zero-order valence-corrected chi connectivity index (χ0v) is 11.5. The number of benzene rings is 2. The highest BCUT2D eigenvalue weighted by Crippen LogP contribution is 2.25. The largest absolute Gasteiger partial charge is 0.296 e. The monoisotopic (exact) mass is 252 g/mol. The van der Waals surface area contributed by atoms with Gasteiger partial charge >= 0.3 is 0 Å². The zero-order chi connectivity index (χ0) is 13.2. The standard InChI is InChI=1S/C17H20N2/c1-12-7-9-14(10-8-12)16-11-18-17(19-16)15-6-4-3-5-13(15)2/h3-10,16-19H,11H2,1-2H3. The first kappa shape index (κ1) is 12.4. The molecule has 0 saturated carbocycles. The average Bonchev–Trinajstić information content (AvgIpc) is 2.89. The normalized spacial score (nSPS) is 22.6. The fourth-order valence-corrected chi connectivity index (χ4v) is 2.68. The van der Waals surface area contributed by atoms with Crippen molar-refractivity contribution < 1.29 is 0 Å². The Hall–Kier alpha value is -1.64. The summed E-state index contributed by atoms with van der Waals surface area (Å²) in [6.45, 7) is 5.26. The highest BCUT2D eigenvalue weighted by atomic mass is 15.2. The smallest absolute Gasteiger partial charge is 0.0843 e. The van der Waals surface area contributed by atoms with Crippen molar-refractivity contribution in [3.05, 3.63) is 70.8 Å². The molecule has 0 spiro atoms. The molecule has 2 atom stereocenters. The summed E-state index contributed by atoms with van der Waals surface area (Å²) in [5.41, 5.74) is 5.34. The first-order valence-electron chi connectivity index (χ1n) is 6.85. The zero-order valence-electron chi connectivity index (χ0n) is 11.5. The van der Waals surface area contributed by atoms with E-state index in [1.54, 1.807) is 0 Å². The Morgan fingerprint density at radius 3 is 2.42 bits per heavy atom. The molecule has 2 unspecified atom stereocenters.